The summed E-state index contributed by atoms with van der Waals surface area (Å²) >= 11 is 1.27. The zero-order valence-corrected chi connectivity index (χ0v) is 21.1. The molecule has 0 aromatic heterocycles. The van der Waals surface area contributed by atoms with Crippen LogP contribution in [0.4, 0.5) is 0 Å². The number of β-lactam (4-membered cyclic amide) rings is 1. The van der Waals surface area contributed by atoms with Gasteiger partial charge in [-0.2, -0.15) is 0 Å². The molecule has 0 bridgehead atoms. The van der Waals surface area contributed by atoms with E-state index in [0.29, 0.717) is 5.56 Å². The van der Waals surface area contributed by atoms with E-state index in [-0.39, 0.29) is 28.6 Å². The average Bonchev–Trinajstić information content (AvgIpc) is 3.03. The van der Waals surface area contributed by atoms with Crippen LogP contribution in [0.5, 0.6) is 5.75 Å². The molecule has 0 saturated carbocycles. The van der Waals surface area contributed by atoms with Crippen LogP contribution in [0.15, 0.2) is 24.3 Å². The van der Waals surface area contributed by atoms with Gasteiger partial charge in [-0.3, -0.25) is 19.2 Å². The molecule has 37 heavy (non-hydrogen) atoms. The van der Waals surface area contributed by atoms with Crippen molar-refractivity contribution in [2.45, 2.75) is 54.6 Å². The number of phenols is 1. The van der Waals surface area contributed by atoms with Gasteiger partial charge in [-0.15, -0.1) is 11.8 Å². The van der Waals surface area contributed by atoms with Crippen molar-refractivity contribution in [3.63, 3.8) is 0 Å². The van der Waals surface area contributed by atoms with Crippen LogP contribution in [0.2, 0.25) is 0 Å². The monoisotopic (exact) mass is 547 g/mol. The largest absolute Gasteiger partial charge is 0.508 e. The van der Waals surface area contributed by atoms with Crippen molar-refractivity contribution in [1.82, 2.24) is 20.9 Å². The first-order chi connectivity index (χ1) is 15.9. The summed E-state index contributed by atoms with van der Waals surface area (Å²) in [6.07, 6.45) is -0.299. The second-order valence-electron chi connectivity index (χ2n) is 8.60. The third-order valence-electron chi connectivity index (χ3n) is 5.77. The molecule has 1 aromatic carbocycles. The van der Waals surface area contributed by atoms with Crippen LogP contribution >= 0.6 is 11.8 Å². The van der Waals surface area contributed by atoms with E-state index in [0.717, 1.165) is 0 Å². The van der Waals surface area contributed by atoms with Crippen molar-refractivity contribution in [3.05, 3.63) is 29.8 Å². The summed E-state index contributed by atoms with van der Waals surface area (Å²) in [5.41, 5.74) is 6.09. The van der Waals surface area contributed by atoms with Crippen LogP contribution in [0.1, 0.15) is 31.9 Å². The number of thioether (sulfide) groups is 1. The van der Waals surface area contributed by atoms with Crippen molar-refractivity contribution in [1.29, 1.82) is 0 Å². The third-order valence-corrected chi connectivity index (χ3v) is 7.34. The van der Waals surface area contributed by atoms with Gasteiger partial charge in [0.15, 0.2) is 0 Å². The summed E-state index contributed by atoms with van der Waals surface area (Å²) < 4.78 is -0.761. The van der Waals surface area contributed by atoms with Gasteiger partial charge in [0.05, 0.1) is 12.5 Å². The summed E-state index contributed by atoms with van der Waals surface area (Å²) in [7, 11) is 1.40. The van der Waals surface area contributed by atoms with E-state index in [4.69, 9.17) is 5.73 Å². The Kier molecular flexibility index (Phi) is 11.5. The highest BCUT2D eigenvalue weighted by atomic mass is 32.2. The number of carbonyl (C=O) groups excluding carboxylic acids is 4. The number of fused-ring (bicyclic) bond motifs is 1. The maximum absolute atomic E-state index is 13.2. The Morgan fingerprint density at radius 1 is 1.11 bits per heavy atom. The summed E-state index contributed by atoms with van der Waals surface area (Å²) in [6.45, 7) is 3.43. The number of benzene rings is 1. The number of carboxylic acids is 1. The zero-order valence-electron chi connectivity index (χ0n) is 20.3. The molecule has 16 heteroatoms. The fourth-order valence-corrected chi connectivity index (χ4v) is 5.62. The number of nitrogens with zero attached hydrogens (tertiary/aromatic N) is 1. The number of nitrogens with two attached hydrogens (primary N) is 1. The predicted molar refractivity (Wildman–Crippen MR) is 132 cm³/mol. The van der Waals surface area contributed by atoms with E-state index >= 15 is 0 Å². The fourth-order valence-electron chi connectivity index (χ4n) is 3.99. The molecule has 0 spiro atoms. The maximum atomic E-state index is 13.2. The Balaban J connectivity index is 0.00000432. The lowest BCUT2D eigenvalue weighted by Crippen LogP contribution is -2.71. The molecular weight excluding hydrogens is 514 g/mol. The number of aliphatic carboxylic acids is 1. The summed E-state index contributed by atoms with van der Waals surface area (Å²) in [5.74, 6) is -3.66. The second-order valence-corrected chi connectivity index (χ2v) is 10.4. The third kappa shape index (κ3) is 6.66. The van der Waals surface area contributed by atoms with Crippen molar-refractivity contribution in [2.75, 3.05) is 7.05 Å². The number of amides is 4. The highest BCUT2D eigenvalue weighted by Crippen LogP contribution is 2.50. The van der Waals surface area contributed by atoms with Crippen LogP contribution < -0.4 is 21.7 Å². The molecule has 2 aliphatic heterocycles. The van der Waals surface area contributed by atoms with Gasteiger partial charge < -0.3 is 53.2 Å². The van der Waals surface area contributed by atoms with Crippen LogP contribution in [-0.2, 0) is 24.0 Å². The average molecular weight is 548 g/mol. The molecule has 1 unspecified atom stereocenters. The number of phenolic OH excluding ortho intramolecular Hbond substituents is 1. The molecule has 1 aromatic rings. The second kappa shape index (κ2) is 12.7. The van der Waals surface area contributed by atoms with Gasteiger partial charge in [0.25, 0.3) is 0 Å². The molecule has 2 aliphatic rings. The van der Waals surface area contributed by atoms with E-state index in [9.17, 15) is 34.2 Å². The van der Waals surface area contributed by atoms with Gasteiger partial charge in [0, 0.05) is 11.8 Å². The standard InChI is InChI=1S/C21H27N5O7S.3H2O/c1-21(2)15(20(32)33)26-18(31)14(19(26)34-21)25-17(30)13(9-4-6-10(27)7-5-9)24-16(29)11(22)8-12(28)23-3;;;/h4-7,11,13-15,19,27H,8,22H2,1-3H3,(H,23,28)(H,24,29)(H,25,30)(H,32,33);3*1H2/t11-,13?,14-,15+,19-;;;/m1.../s1. The first kappa shape index (κ1) is 33.6. The Bertz CT molecular complexity index is 1020. The van der Waals surface area contributed by atoms with Gasteiger partial charge >= 0.3 is 5.97 Å². The molecule has 15 nitrogen and oxygen atoms in total. The number of aromatic hydroxyl groups is 1. The Morgan fingerprint density at radius 3 is 2.19 bits per heavy atom. The van der Waals surface area contributed by atoms with E-state index in [2.05, 4.69) is 16.0 Å². The normalized spacial score (nSPS) is 22.3. The van der Waals surface area contributed by atoms with Gasteiger partial charge in [-0.05, 0) is 31.5 Å². The molecule has 3 rings (SSSR count). The van der Waals surface area contributed by atoms with E-state index in [1.165, 1.54) is 48.0 Å². The first-order valence-corrected chi connectivity index (χ1v) is 11.3. The fraction of sp³-hybridized carbons (Fsp3) is 0.476. The topological polar surface area (TPSA) is 286 Å². The quantitative estimate of drug-likeness (QED) is 0.173. The van der Waals surface area contributed by atoms with Crippen LogP contribution in [0, 0.1) is 0 Å². The lowest BCUT2D eigenvalue weighted by molar-refractivity contribution is -0.161. The number of hydrogen-bond donors (Lipinski definition) is 6. The molecule has 5 atom stereocenters. The smallest absolute Gasteiger partial charge is 0.327 e. The molecule has 4 amide bonds. The SMILES string of the molecule is CNC(=O)C[C@@H](N)C(=O)NC(C(=O)N[C@@H]1C(=O)N2[C@@H]1SC(C)(C)[C@@H]2C(=O)O)c1ccc(O)cc1.O.O.O. The Hall–Kier alpha value is -3.44. The van der Waals surface area contributed by atoms with Crippen molar-refractivity contribution >= 4 is 41.4 Å². The summed E-state index contributed by atoms with van der Waals surface area (Å²) in [6, 6.07) is 0.997. The van der Waals surface area contributed by atoms with Crippen LogP contribution in [0.3, 0.4) is 0 Å². The van der Waals surface area contributed by atoms with Gasteiger partial charge in [0.2, 0.25) is 23.6 Å². The zero-order chi connectivity index (χ0) is 25.4. The molecule has 0 radical (unpaired) electrons. The van der Waals surface area contributed by atoms with Crippen LogP contribution in [0.25, 0.3) is 0 Å². The molecule has 13 N–H and O–H groups in total. The molecule has 2 fully saturated rings. The predicted octanol–water partition coefficient (Wildman–Crippen LogP) is -3.83. The minimum absolute atomic E-state index is 0. The van der Waals surface area contributed by atoms with E-state index < -0.39 is 63.9 Å². The summed E-state index contributed by atoms with van der Waals surface area (Å²) in [5, 5.41) is 26.0. The molecule has 208 valence electrons. The van der Waals surface area contributed by atoms with Gasteiger partial charge in [0.1, 0.15) is 29.2 Å². The Labute approximate surface area is 216 Å². The number of rotatable bonds is 8. The van der Waals surface area contributed by atoms with Crippen molar-refractivity contribution < 1.29 is 50.6 Å². The van der Waals surface area contributed by atoms with Crippen LogP contribution in [-0.4, -0.2) is 96.4 Å². The molecule has 0 aliphatic carbocycles. The minimum atomic E-state index is -1.28. The maximum Gasteiger partial charge on any atom is 0.327 e. The number of carbonyl (C=O) groups is 5. The molecule has 2 saturated heterocycles. The highest BCUT2D eigenvalue weighted by molar-refractivity contribution is 8.01. The lowest BCUT2D eigenvalue weighted by Gasteiger charge is -2.44. The Morgan fingerprint density at radius 2 is 1.68 bits per heavy atom. The first-order valence-electron chi connectivity index (χ1n) is 10.5. The number of carboxylic acid groups (broad SMARTS) is 1. The summed E-state index contributed by atoms with van der Waals surface area (Å²) in [4.78, 5) is 62.9. The highest BCUT2D eigenvalue weighted by Gasteiger charge is 2.64. The number of hydrogen-bond acceptors (Lipinski definition) is 8. The number of nitrogens with one attached hydrogen (secondary N) is 3. The molecular formula is C21H33N5O10S. The minimum Gasteiger partial charge on any atom is -0.508 e. The lowest BCUT2D eigenvalue weighted by atomic mass is 9.95. The van der Waals surface area contributed by atoms with E-state index in [1.807, 2.05) is 0 Å². The van der Waals surface area contributed by atoms with Crippen molar-refractivity contribution in [2.24, 2.45) is 5.73 Å². The van der Waals surface area contributed by atoms with Crippen molar-refractivity contribution in [3.8, 4) is 5.75 Å². The van der Waals surface area contributed by atoms with Gasteiger partial charge in [-0.1, -0.05) is 12.1 Å². The van der Waals surface area contributed by atoms with Gasteiger partial charge in [-0.25, -0.2) is 4.79 Å². The van der Waals surface area contributed by atoms with E-state index in [1.54, 1.807) is 13.8 Å². The molecule has 2 heterocycles.